The third-order valence-electron chi connectivity index (χ3n) is 3.29. The Kier molecular flexibility index (Phi) is 3.44. The van der Waals surface area contributed by atoms with Crippen molar-refractivity contribution in [3.63, 3.8) is 0 Å². The van der Waals surface area contributed by atoms with E-state index in [9.17, 15) is 0 Å². The predicted octanol–water partition coefficient (Wildman–Crippen LogP) is 2.29. The number of hydrogen-bond acceptors (Lipinski definition) is 2. The first-order chi connectivity index (χ1) is 7.22. The van der Waals surface area contributed by atoms with Crippen LogP contribution in [0.4, 0.5) is 0 Å². The Morgan fingerprint density at radius 2 is 2.33 bits per heavy atom. The van der Waals surface area contributed by atoms with Gasteiger partial charge in [0.15, 0.2) is 0 Å². The molecule has 1 aromatic rings. The van der Waals surface area contributed by atoms with Crippen molar-refractivity contribution in [2.45, 2.75) is 25.9 Å². The van der Waals surface area contributed by atoms with E-state index in [-0.39, 0.29) is 0 Å². The summed E-state index contributed by atoms with van der Waals surface area (Å²) in [5.41, 5.74) is 8.45. The van der Waals surface area contributed by atoms with Gasteiger partial charge >= 0.3 is 0 Å². The number of halogens is 1. The molecule has 2 rings (SSSR count). The lowest BCUT2D eigenvalue weighted by atomic mass is 10.0. The average Bonchev–Trinajstić information content (AvgIpc) is 2.19. The first-order valence-corrected chi connectivity index (χ1v) is 6.19. The Morgan fingerprint density at radius 3 is 2.93 bits per heavy atom. The summed E-state index contributed by atoms with van der Waals surface area (Å²) in [6, 6.07) is 6.99. The van der Waals surface area contributed by atoms with E-state index in [0.717, 1.165) is 13.1 Å². The highest BCUT2D eigenvalue weighted by Gasteiger charge is 2.26. The van der Waals surface area contributed by atoms with Crippen LogP contribution in [0.25, 0.3) is 0 Å². The van der Waals surface area contributed by atoms with E-state index in [2.05, 4.69) is 46.0 Å². The molecule has 2 N–H and O–H groups in total. The summed E-state index contributed by atoms with van der Waals surface area (Å²) >= 11 is 3.56. The maximum Gasteiger partial charge on any atom is 0.0240 e. The van der Waals surface area contributed by atoms with Crippen LogP contribution in [0.1, 0.15) is 17.5 Å². The number of nitrogens with zero attached hydrogens (tertiary/aromatic N) is 1. The molecule has 0 aromatic heterocycles. The van der Waals surface area contributed by atoms with Crippen molar-refractivity contribution in [2.75, 3.05) is 13.1 Å². The number of benzene rings is 1. The molecule has 15 heavy (non-hydrogen) atoms. The Hall–Kier alpha value is -0.380. The van der Waals surface area contributed by atoms with E-state index in [4.69, 9.17) is 5.73 Å². The minimum atomic E-state index is 0.600. The molecule has 1 heterocycles. The summed E-state index contributed by atoms with van der Waals surface area (Å²) in [7, 11) is 0. The van der Waals surface area contributed by atoms with Crippen LogP contribution in [-0.2, 0) is 6.54 Å². The summed E-state index contributed by atoms with van der Waals surface area (Å²) in [6.07, 6.45) is 1.25. The molecule has 1 unspecified atom stereocenters. The van der Waals surface area contributed by atoms with Crippen LogP contribution in [0.5, 0.6) is 0 Å². The molecule has 0 aliphatic carbocycles. The highest BCUT2D eigenvalue weighted by atomic mass is 79.9. The Balaban J connectivity index is 2.08. The van der Waals surface area contributed by atoms with Gasteiger partial charge in [0.25, 0.3) is 0 Å². The molecule has 0 amide bonds. The average molecular weight is 269 g/mol. The van der Waals surface area contributed by atoms with Crippen molar-refractivity contribution in [3.8, 4) is 0 Å². The van der Waals surface area contributed by atoms with Gasteiger partial charge < -0.3 is 5.73 Å². The van der Waals surface area contributed by atoms with E-state index in [1.807, 2.05) is 0 Å². The number of likely N-dealkylation sites (tertiary alicyclic amines) is 1. The van der Waals surface area contributed by atoms with Crippen molar-refractivity contribution in [1.82, 2.24) is 4.90 Å². The van der Waals surface area contributed by atoms with Gasteiger partial charge in [-0.3, -0.25) is 4.90 Å². The fourth-order valence-corrected chi connectivity index (χ4v) is 2.42. The van der Waals surface area contributed by atoms with Crippen LogP contribution in [0.15, 0.2) is 22.7 Å². The second kappa shape index (κ2) is 4.64. The largest absolute Gasteiger partial charge is 0.329 e. The van der Waals surface area contributed by atoms with Crippen molar-refractivity contribution < 1.29 is 0 Å². The smallest absolute Gasteiger partial charge is 0.0240 e. The normalized spacial score (nSPS) is 21.4. The monoisotopic (exact) mass is 268 g/mol. The number of hydrogen-bond donors (Lipinski definition) is 1. The van der Waals surface area contributed by atoms with Gasteiger partial charge in [-0.15, -0.1) is 0 Å². The Bertz CT molecular complexity index is 349. The third kappa shape index (κ3) is 2.25. The van der Waals surface area contributed by atoms with Crippen molar-refractivity contribution in [1.29, 1.82) is 0 Å². The molecule has 0 spiro atoms. The molecule has 1 aliphatic rings. The Labute approximate surface area is 99.6 Å². The maximum atomic E-state index is 5.69. The zero-order chi connectivity index (χ0) is 10.8. The minimum Gasteiger partial charge on any atom is -0.329 e. The molecule has 3 heteroatoms. The second-order valence-electron chi connectivity index (χ2n) is 4.17. The van der Waals surface area contributed by atoms with Gasteiger partial charge in [0.1, 0.15) is 0 Å². The van der Waals surface area contributed by atoms with Gasteiger partial charge in [-0.2, -0.15) is 0 Å². The molecular formula is C12H17BrN2. The number of rotatable bonds is 3. The van der Waals surface area contributed by atoms with E-state index in [1.54, 1.807) is 0 Å². The molecule has 1 aliphatic heterocycles. The topological polar surface area (TPSA) is 29.3 Å². The molecular weight excluding hydrogens is 252 g/mol. The van der Waals surface area contributed by atoms with Crippen molar-refractivity contribution >= 4 is 15.9 Å². The van der Waals surface area contributed by atoms with E-state index < -0.39 is 0 Å². The standard InChI is InChI=1S/C12H17BrN2/c1-9-10(3-2-4-12(9)13)8-15-6-5-11(15)7-14/h2-4,11H,5-8,14H2,1H3. The van der Waals surface area contributed by atoms with Gasteiger partial charge in [0.05, 0.1) is 0 Å². The fourth-order valence-electron chi connectivity index (χ4n) is 2.01. The van der Waals surface area contributed by atoms with Crippen LogP contribution in [0.2, 0.25) is 0 Å². The maximum absolute atomic E-state index is 5.69. The second-order valence-corrected chi connectivity index (χ2v) is 5.03. The molecule has 0 saturated carbocycles. The molecule has 0 radical (unpaired) electrons. The van der Waals surface area contributed by atoms with Gasteiger partial charge in [-0.1, -0.05) is 28.1 Å². The summed E-state index contributed by atoms with van der Waals surface area (Å²) in [5.74, 6) is 0. The van der Waals surface area contributed by atoms with E-state index >= 15 is 0 Å². The number of nitrogens with two attached hydrogens (primary N) is 1. The molecule has 0 bridgehead atoms. The van der Waals surface area contributed by atoms with Gasteiger partial charge in [0.2, 0.25) is 0 Å². The fraction of sp³-hybridized carbons (Fsp3) is 0.500. The van der Waals surface area contributed by atoms with Crippen molar-refractivity contribution in [3.05, 3.63) is 33.8 Å². The minimum absolute atomic E-state index is 0.600. The van der Waals surface area contributed by atoms with Gasteiger partial charge in [-0.05, 0) is 30.5 Å². The van der Waals surface area contributed by atoms with Crippen LogP contribution < -0.4 is 5.73 Å². The van der Waals surface area contributed by atoms with E-state index in [1.165, 1.54) is 28.6 Å². The van der Waals surface area contributed by atoms with E-state index in [0.29, 0.717) is 6.04 Å². The third-order valence-corrected chi connectivity index (χ3v) is 4.15. The predicted molar refractivity (Wildman–Crippen MR) is 66.7 cm³/mol. The molecule has 1 aromatic carbocycles. The van der Waals surface area contributed by atoms with Crippen LogP contribution >= 0.6 is 15.9 Å². The highest BCUT2D eigenvalue weighted by Crippen LogP contribution is 2.24. The Morgan fingerprint density at radius 1 is 1.53 bits per heavy atom. The van der Waals surface area contributed by atoms with Crippen LogP contribution in [0.3, 0.4) is 0 Å². The molecule has 1 saturated heterocycles. The zero-order valence-corrected chi connectivity index (χ0v) is 10.6. The molecule has 82 valence electrons. The zero-order valence-electron chi connectivity index (χ0n) is 9.04. The molecule has 1 fully saturated rings. The summed E-state index contributed by atoms with van der Waals surface area (Å²) in [4.78, 5) is 2.45. The lowest BCUT2D eigenvalue weighted by molar-refractivity contribution is 0.0880. The first-order valence-electron chi connectivity index (χ1n) is 5.40. The van der Waals surface area contributed by atoms with Crippen LogP contribution in [-0.4, -0.2) is 24.0 Å². The lowest BCUT2D eigenvalue weighted by Crippen LogP contribution is -2.50. The highest BCUT2D eigenvalue weighted by molar-refractivity contribution is 9.10. The van der Waals surface area contributed by atoms with Gasteiger partial charge in [0, 0.05) is 30.1 Å². The molecule has 2 nitrogen and oxygen atoms in total. The summed E-state index contributed by atoms with van der Waals surface area (Å²) < 4.78 is 1.20. The lowest BCUT2D eigenvalue weighted by Gasteiger charge is -2.40. The van der Waals surface area contributed by atoms with Crippen LogP contribution in [0, 0.1) is 6.92 Å². The molecule has 1 atom stereocenters. The SMILES string of the molecule is Cc1c(Br)cccc1CN1CCC1CN. The summed E-state index contributed by atoms with van der Waals surface area (Å²) in [6.45, 7) is 5.17. The van der Waals surface area contributed by atoms with Gasteiger partial charge in [-0.25, -0.2) is 0 Å². The first kappa shape index (κ1) is 11.1. The summed E-state index contributed by atoms with van der Waals surface area (Å²) in [5, 5.41) is 0. The quantitative estimate of drug-likeness (QED) is 0.912. The van der Waals surface area contributed by atoms with Crippen molar-refractivity contribution in [2.24, 2.45) is 5.73 Å².